The van der Waals surface area contributed by atoms with Gasteiger partial charge in [-0.3, -0.25) is 9.48 Å². The first-order valence-corrected chi connectivity index (χ1v) is 9.68. The Balaban J connectivity index is 1.37. The first-order chi connectivity index (χ1) is 14.2. The van der Waals surface area contributed by atoms with E-state index in [0.29, 0.717) is 25.2 Å². The molecular weight excluding hydrogens is 366 g/mol. The second kappa shape index (κ2) is 8.60. The highest BCUT2D eigenvalue weighted by atomic mass is 16.2. The molecule has 0 unspecified atom stereocenters. The minimum Gasteiger partial charge on any atom is -0.334 e. The van der Waals surface area contributed by atoms with Crippen LogP contribution in [0.5, 0.6) is 0 Å². The van der Waals surface area contributed by atoms with E-state index in [1.165, 1.54) is 0 Å². The first kappa shape index (κ1) is 18.7. The van der Waals surface area contributed by atoms with Gasteiger partial charge in [0, 0.05) is 43.3 Å². The Morgan fingerprint density at radius 3 is 2.69 bits per heavy atom. The Kier molecular flexibility index (Phi) is 5.56. The van der Waals surface area contributed by atoms with Crippen molar-refractivity contribution in [3.8, 4) is 0 Å². The van der Waals surface area contributed by atoms with E-state index in [-0.39, 0.29) is 11.9 Å². The van der Waals surface area contributed by atoms with Crippen molar-refractivity contribution in [3.63, 3.8) is 0 Å². The number of anilines is 2. The maximum Gasteiger partial charge on any atom is 0.319 e. The van der Waals surface area contributed by atoms with Gasteiger partial charge < -0.3 is 15.5 Å². The van der Waals surface area contributed by atoms with Crippen molar-refractivity contribution in [2.24, 2.45) is 0 Å². The molecule has 0 atom stereocenters. The zero-order chi connectivity index (χ0) is 20.1. The number of amides is 3. The lowest BCUT2D eigenvalue weighted by molar-refractivity contribution is -0.117. The van der Waals surface area contributed by atoms with Crippen molar-refractivity contribution in [1.82, 2.24) is 15.1 Å². The van der Waals surface area contributed by atoms with Gasteiger partial charge in [0.2, 0.25) is 5.91 Å². The lowest BCUT2D eigenvalue weighted by atomic mass is 10.1. The van der Waals surface area contributed by atoms with E-state index in [1.54, 1.807) is 11.1 Å². The summed E-state index contributed by atoms with van der Waals surface area (Å²) in [5.74, 6) is 0.125. The summed E-state index contributed by atoms with van der Waals surface area (Å²) in [6.45, 7) is 1.79. The molecule has 0 aliphatic carbocycles. The van der Waals surface area contributed by atoms with Gasteiger partial charge in [0.1, 0.15) is 0 Å². The van der Waals surface area contributed by atoms with E-state index in [9.17, 15) is 9.59 Å². The summed E-state index contributed by atoms with van der Waals surface area (Å²) < 4.78 is 1.85. The van der Waals surface area contributed by atoms with E-state index >= 15 is 0 Å². The largest absolute Gasteiger partial charge is 0.334 e. The standard InChI is InChI=1S/C22H23N5O2/c28-21-10-4-13-27(21)20-9-3-8-19(14-20)25-22(29)23-15-17-6-1-2-7-18(17)16-26-12-5-11-24-26/h1-3,5-9,11-12,14H,4,10,13,15-16H2,(H2,23,25,29). The maximum atomic E-state index is 12.4. The molecule has 3 amide bonds. The van der Waals surface area contributed by atoms with Gasteiger partial charge in [-0.15, -0.1) is 0 Å². The Morgan fingerprint density at radius 2 is 1.93 bits per heavy atom. The molecule has 0 spiro atoms. The molecule has 0 bridgehead atoms. The van der Waals surface area contributed by atoms with Crippen molar-refractivity contribution in [2.45, 2.75) is 25.9 Å². The predicted octanol–water partition coefficient (Wildman–Crippen LogP) is 3.38. The molecule has 1 saturated heterocycles. The van der Waals surface area contributed by atoms with Gasteiger partial charge in [-0.05, 0) is 41.8 Å². The second-order valence-electron chi connectivity index (χ2n) is 6.98. The lowest BCUT2D eigenvalue weighted by Crippen LogP contribution is -2.29. The monoisotopic (exact) mass is 389 g/mol. The van der Waals surface area contributed by atoms with Gasteiger partial charge in [-0.1, -0.05) is 30.3 Å². The number of carbonyl (C=O) groups is 2. The Bertz CT molecular complexity index is 1000. The van der Waals surface area contributed by atoms with Crippen LogP contribution in [0.3, 0.4) is 0 Å². The summed E-state index contributed by atoms with van der Waals surface area (Å²) in [6, 6.07) is 16.9. The molecule has 2 N–H and O–H groups in total. The third-order valence-electron chi connectivity index (χ3n) is 4.94. The third kappa shape index (κ3) is 4.63. The Morgan fingerprint density at radius 1 is 1.07 bits per heavy atom. The summed E-state index contributed by atoms with van der Waals surface area (Å²) in [5.41, 5.74) is 3.61. The summed E-state index contributed by atoms with van der Waals surface area (Å²) in [5, 5.41) is 9.99. The predicted molar refractivity (Wildman–Crippen MR) is 112 cm³/mol. The summed E-state index contributed by atoms with van der Waals surface area (Å²) in [7, 11) is 0. The van der Waals surface area contributed by atoms with Crippen LogP contribution in [0.25, 0.3) is 0 Å². The normalized spacial score (nSPS) is 13.5. The lowest BCUT2D eigenvalue weighted by Gasteiger charge is -2.17. The zero-order valence-electron chi connectivity index (χ0n) is 16.0. The van der Waals surface area contributed by atoms with Crippen LogP contribution in [0, 0.1) is 0 Å². The molecule has 1 aliphatic rings. The number of urea groups is 1. The molecule has 2 aromatic carbocycles. The maximum absolute atomic E-state index is 12.4. The molecule has 29 heavy (non-hydrogen) atoms. The topological polar surface area (TPSA) is 79.3 Å². The van der Waals surface area contributed by atoms with Gasteiger partial charge in [0.25, 0.3) is 0 Å². The van der Waals surface area contributed by atoms with E-state index in [1.807, 2.05) is 65.5 Å². The molecule has 4 rings (SSSR count). The number of hydrogen-bond donors (Lipinski definition) is 2. The minimum atomic E-state index is -0.288. The van der Waals surface area contributed by atoms with Gasteiger partial charge in [0.15, 0.2) is 0 Å². The fraction of sp³-hybridized carbons (Fsp3) is 0.227. The fourth-order valence-electron chi connectivity index (χ4n) is 3.48. The van der Waals surface area contributed by atoms with E-state index in [4.69, 9.17) is 0 Å². The molecule has 2 heterocycles. The van der Waals surface area contributed by atoms with Crippen LogP contribution in [-0.2, 0) is 17.9 Å². The van der Waals surface area contributed by atoms with Crippen LogP contribution < -0.4 is 15.5 Å². The highest BCUT2D eigenvalue weighted by molar-refractivity contribution is 5.96. The number of aromatic nitrogens is 2. The number of rotatable bonds is 6. The van der Waals surface area contributed by atoms with E-state index < -0.39 is 0 Å². The number of carbonyl (C=O) groups excluding carboxylic acids is 2. The van der Waals surface area contributed by atoms with Gasteiger partial charge in [0.05, 0.1) is 6.54 Å². The molecular formula is C22H23N5O2. The minimum absolute atomic E-state index is 0.125. The molecule has 0 radical (unpaired) electrons. The van der Waals surface area contributed by atoms with Gasteiger partial charge in [-0.25, -0.2) is 4.79 Å². The summed E-state index contributed by atoms with van der Waals surface area (Å²) in [4.78, 5) is 26.1. The quantitative estimate of drug-likeness (QED) is 0.678. The molecule has 0 saturated carbocycles. The van der Waals surface area contributed by atoms with Crippen molar-refractivity contribution in [2.75, 3.05) is 16.8 Å². The zero-order valence-corrected chi connectivity index (χ0v) is 16.0. The SMILES string of the molecule is O=C(NCc1ccccc1Cn1cccn1)Nc1cccc(N2CCCC2=O)c1. The molecule has 1 aliphatic heterocycles. The average Bonchev–Trinajstić information content (AvgIpc) is 3.39. The molecule has 7 heteroatoms. The highest BCUT2D eigenvalue weighted by Gasteiger charge is 2.21. The fourth-order valence-corrected chi connectivity index (χ4v) is 3.48. The van der Waals surface area contributed by atoms with Crippen molar-refractivity contribution >= 4 is 23.3 Å². The third-order valence-corrected chi connectivity index (χ3v) is 4.94. The molecule has 3 aromatic rings. The number of nitrogens with one attached hydrogen (secondary N) is 2. The second-order valence-corrected chi connectivity index (χ2v) is 6.98. The molecule has 1 fully saturated rings. The summed E-state index contributed by atoms with van der Waals surface area (Å²) in [6.07, 6.45) is 5.11. The average molecular weight is 389 g/mol. The number of hydrogen-bond acceptors (Lipinski definition) is 3. The summed E-state index contributed by atoms with van der Waals surface area (Å²) >= 11 is 0. The molecule has 148 valence electrons. The van der Waals surface area contributed by atoms with Crippen molar-refractivity contribution in [3.05, 3.63) is 78.1 Å². The van der Waals surface area contributed by atoms with Crippen LogP contribution in [-0.4, -0.2) is 28.3 Å². The molecule has 7 nitrogen and oxygen atoms in total. The van der Waals surface area contributed by atoms with Crippen molar-refractivity contribution in [1.29, 1.82) is 0 Å². The van der Waals surface area contributed by atoms with Crippen LogP contribution in [0.15, 0.2) is 67.0 Å². The van der Waals surface area contributed by atoms with Crippen molar-refractivity contribution < 1.29 is 9.59 Å². The number of nitrogens with zero attached hydrogens (tertiary/aromatic N) is 3. The Labute approximate surface area is 169 Å². The van der Waals surface area contributed by atoms with Crippen LogP contribution in [0.4, 0.5) is 16.2 Å². The van der Waals surface area contributed by atoms with Crippen LogP contribution >= 0.6 is 0 Å². The molecule has 1 aromatic heterocycles. The van der Waals surface area contributed by atoms with Gasteiger partial charge in [-0.2, -0.15) is 5.10 Å². The van der Waals surface area contributed by atoms with E-state index in [2.05, 4.69) is 15.7 Å². The van der Waals surface area contributed by atoms with Crippen LogP contribution in [0.2, 0.25) is 0 Å². The first-order valence-electron chi connectivity index (χ1n) is 9.68. The number of benzene rings is 2. The van der Waals surface area contributed by atoms with Crippen LogP contribution in [0.1, 0.15) is 24.0 Å². The van der Waals surface area contributed by atoms with Gasteiger partial charge >= 0.3 is 6.03 Å². The Hall–Kier alpha value is -3.61. The highest BCUT2D eigenvalue weighted by Crippen LogP contribution is 2.24. The van der Waals surface area contributed by atoms with E-state index in [0.717, 1.165) is 29.8 Å². The smallest absolute Gasteiger partial charge is 0.319 e.